The number of amides is 1. The van der Waals surface area contributed by atoms with Gasteiger partial charge in [0, 0.05) is 12.5 Å². The van der Waals surface area contributed by atoms with Crippen LogP contribution in [-0.4, -0.2) is 30.1 Å². The topological polar surface area (TPSA) is 20.3 Å². The fourth-order valence-corrected chi connectivity index (χ4v) is 1.59. The lowest BCUT2D eigenvalue weighted by Crippen LogP contribution is -2.45. The summed E-state index contributed by atoms with van der Waals surface area (Å²) in [5.74, 6) is 0.173. The summed E-state index contributed by atoms with van der Waals surface area (Å²) in [4.78, 5) is 13.2. The molecule has 13 heavy (non-hydrogen) atoms. The van der Waals surface area contributed by atoms with Crippen molar-refractivity contribution < 1.29 is 9.18 Å². The minimum atomic E-state index is -0.837. The molecule has 1 amide bonds. The Labute approximate surface area is 79.1 Å². The van der Waals surface area contributed by atoms with Crippen LogP contribution in [0.15, 0.2) is 0 Å². The minimum absolute atomic E-state index is 0.0133. The average molecular weight is 187 g/mol. The minimum Gasteiger partial charge on any atom is -0.340 e. The van der Waals surface area contributed by atoms with Gasteiger partial charge in [-0.1, -0.05) is 20.8 Å². The number of nitrogens with zero attached hydrogens (tertiary/aromatic N) is 1. The number of hydrogen-bond donors (Lipinski definition) is 0. The van der Waals surface area contributed by atoms with Crippen molar-refractivity contribution in [2.24, 2.45) is 11.8 Å². The molecule has 0 unspecified atom stereocenters. The number of likely N-dealkylation sites (tertiary alicyclic amines) is 1. The molecule has 3 heteroatoms. The highest BCUT2D eigenvalue weighted by Gasteiger charge is 2.29. The molecule has 0 aromatic carbocycles. The van der Waals surface area contributed by atoms with Gasteiger partial charge in [0.15, 0.2) is 0 Å². The summed E-state index contributed by atoms with van der Waals surface area (Å²) in [6.45, 7) is 6.62. The highest BCUT2D eigenvalue weighted by molar-refractivity contribution is 5.78. The molecular weight excluding hydrogens is 169 g/mol. The Morgan fingerprint density at radius 2 is 2.15 bits per heavy atom. The molecule has 0 N–H and O–H groups in total. The van der Waals surface area contributed by atoms with Crippen LogP contribution in [-0.2, 0) is 4.79 Å². The summed E-state index contributed by atoms with van der Waals surface area (Å²) in [5.41, 5.74) is 0. The van der Waals surface area contributed by atoms with Gasteiger partial charge < -0.3 is 4.90 Å². The lowest BCUT2D eigenvalue weighted by atomic mass is 9.96. The molecule has 1 saturated heterocycles. The Morgan fingerprint density at radius 1 is 1.54 bits per heavy atom. The van der Waals surface area contributed by atoms with Gasteiger partial charge in [0.2, 0.25) is 5.91 Å². The number of carbonyl (C=O) groups is 1. The maximum atomic E-state index is 13.3. The molecule has 0 aliphatic carbocycles. The Balaban J connectivity index is 2.50. The van der Waals surface area contributed by atoms with Crippen molar-refractivity contribution in [1.82, 2.24) is 4.90 Å². The lowest BCUT2D eigenvalue weighted by molar-refractivity contribution is -0.137. The van der Waals surface area contributed by atoms with Gasteiger partial charge in [-0.3, -0.25) is 4.79 Å². The van der Waals surface area contributed by atoms with Gasteiger partial charge in [-0.15, -0.1) is 0 Å². The van der Waals surface area contributed by atoms with Crippen molar-refractivity contribution >= 4 is 5.91 Å². The summed E-state index contributed by atoms with van der Waals surface area (Å²) in [6.07, 6.45) is -0.0453. The van der Waals surface area contributed by atoms with Gasteiger partial charge >= 0.3 is 0 Å². The van der Waals surface area contributed by atoms with E-state index in [-0.39, 0.29) is 24.3 Å². The molecule has 0 radical (unpaired) electrons. The SMILES string of the molecule is CC(C)C(=O)N1CC[C@H](C)[C@@H](F)C1. The second-order valence-corrected chi connectivity index (χ2v) is 4.22. The van der Waals surface area contributed by atoms with E-state index in [1.165, 1.54) is 0 Å². The summed E-state index contributed by atoms with van der Waals surface area (Å²) >= 11 is 0. The first-order chi connectivity index (χ1) is 6.02. The first-order valence-corrected chi connectivity index (χ1v) is 4.95. The predicted molar refractivity (Wildman–Crippen MR) is 50.1 cm³/mol. The molecule has 2 atom stereocenters. The maximum absolute atomic E-state index is 13.3. The standard InChI is InChI=1S/C10H18FNO/c1-7(2)10(13)12-5-4-8(3)9(11)6-12/h7-9H,4-6H2,1-3H3/t8-,9-/m0/s1. The largest absolute Gasteiger partial charge is 0.340 e. The third-order valence-electron chi connectivity index (χ3n) is 2.67. The molecule has 0 bridgehead atoms. The Bertz CT molecular complexity index is 193. The molecule has 1 rings (SSSR count). The van der Waals surface area contributed by atoms with Crippen molar-refractivity contribution in [3.05, 3.63) is 0 Å². The van der Waals surface area contributed by atoms with Crippen LogP contribution < -0.4 is 0 Å². The van der Waals surface area contributed by atoms with Gasteiger partial charge in [-0.25, -0.2) is 4.39 Å². The monoisotopic (exact) mass is 187 g/mol. The van der Waals surface area contributed by atoms with E-state index in [1.807, 2.05) is 20.8 Å². The number of hydrogen-bond acceptors (Lipinski definition) is 1. The van der Waals surface area contributed by atoms with Gasteiger partial charge in [-0.2, -0.15) is 0 Å². The van der Waals surface area contributed by atoms with Crippen molar-refractivity contribution in [3.63, 3.8) is 0 Å². The van der Waals surface area contributed by atoms with E-state index in [0.29, 0.717) is 0 Å². The van der Waals surface area contributed by atoms with Crippen LogP contribution in [0.25, 0.3) is 0 Å². The van der Waals surface area contributed by atoms with Gasteiger partial charge in [0.25, 0.3) is 0 Å². The van der Waals surface area contributed by atoms with Crippen molar-refractivity contribution in [1.29, 1.82) is 0 Å². The van der Waals surface area contributed by atoms with Gasteiger partial charge in [0.1, 0.15) is 6.17 Å². The molecule has 1 aliphatic rings. The first kappa shape index (κ1) is 10.5. The Hall–Kier alpha value is -0.600. The molecule has 1 fully saturated rings. The number of rotatable bonds is 1. The smallest absolute Gasteiger partial charge is 0.225 e. The zero-order chi connectivity index (χ0) is 10.0. The maximum Gasteiger partial charge on any atom is 0.225 e. The lowest BCUT2D eigenvalue weighted by Gasteiger charge is -2.34. The van der Waals surface area contributed by atoms with Crippen molar-refractivity contribution in [2.75, 3.05) is 13.1 Å². The van der Waals surface area contributed by atoms with E-state index < -0.39 is 6.17 Å². The summed E-state index contributed by atoms with van der Waals surface area (Å²) in [5, 5.41) is 0. The van der Waals surface area contributed by atoms with E-state index in [4.69, 9.17) is 0 Å². The molecule has 0 aromatic rings. The number of piperidine rings is 1. The zero-order valence-corrected chi connectivity index (χ0v) is 8.59. The van der Waals surface area contributed by atoms with Crippen LogP contribution in [0.3, 0.4) is 0 Å². The molecule has 2 nitrogen and oxygen atoms in total. The highest BCUT2D eigenvalue weighted by atomic mass is 19.1. The van der Waals surface area contributed by atoms with Crippen molar-refractivity contribution in [3.8, 4) is 0 Å². The second-order valence-electron chi connectivity index (χ2n) is 4.22. The quantitative estimate of drug-likeness (QED) is 0.613. The number of halogens is 1. The summed E-state index contributed by atoms with van der Waals surface area (Å²) < 4.78 is 13.3. The van der Waals surface area contributed by atoms with Crippen LogP contribution in [0.2, 0.25) is 0 Å². The van der Waals surface area contributed by atoms with Gasteiger partial charge in [-0.05, 0) is 12.3 Å². The van der Waals surface area contributed by atoms with E-state index in [0.717, 1.165) is 13.0 Å². The molecule has 0 spiro atoms. The Morgan fingerprint density at radius 3 is 2.62 bits per heavy atom. The van der Waals surface area contributed by atoms with Crippen LogP contribution in [0, 0.1) is 11.8 Å². The predicted octanol–water partition coefficient (Wildman–Crippen LogP) is 1.85. The van der Waals surface area contributed by atoms with E-state index >= 15 is 0 Å². The third kappa shape index (κ3) is 2.42. The van der Waals surface area contributed by atoms with Crippen LogP contribution in [0.4, 0.5) is 4.39 Å². The number of alkyl halides is 1. The fraction of sp³-hybridized carbons (Fsp3) is 0.900. The average Bonchev–Trinajstić information content (AvgIpc) is 2.08. The molecular formula is C10H18FNO. The molecule has 1 aliphatic heterocycles. The number of carbonyl (C=O) groups excluding carboxylic acids is 1. The molecule has 1 heterocycles. The van der Waals surface area contributed by atoms with Crippen LogP contribution in [0.1, 0.15) is 27.2 Å². The van der Waals surface area contributed by atoms with E-state index in [1.54, 1.807) is 4.90 Å². The molecule has 76 valence electrons. The third-order valence-corrected chi connectivity index (χ3v) is 2.67. The summed E-state index contributed by atoms with van der Waals surface area (Å²) in [7, 11) is 0. The van der Waals surface area contributed by atoms with E-state index in [9.17, 15) is 9.18 Å². The summed E-state index contributed by atoms with van der Waals surface area (Å²) in [6, 6.07) is 0. The zero-order valence-electron chi connectivity index (χ0n) is 8.59. The Kier molecular flexibility index (Phi) is 3.28. The van der Waals surface area contributed by atoms with E-state index in [2.05, 4.69) is 0 Å². The highest BCUT2D eigenvalue weighted by Crippen LogP contribution is 2.20. The molecule has 0 saturated carbocycles. The second kappa shape index (κ2) is 4.07. The normalized spacial score (nSPS) is 29.5. The fourth-order valence-electron chi connectivity index (χ4n) is 1.59. The van der Waals surface area contributed by atoms with Gasteiger partial charge in [0.05, 0.1) is 6.54 Å². The van der Waals surface area contributed by atoms with Crippen LogP contribution in [0.5, 0.6) is 0 Å². The first-order valence-electron chi connectivity index (χ1n) is 4.95. The van der Waals surface area contributed by atoms with Crippen LogP contribution >= 0.6 is 0 Å². The van der Waals surface area contributed by atoms with Crippen molar-refractivity contribution in [2.45, 2.75) is 33.4 Å². The molecule has 0 aromatic heterocycles.